The molecule has 1 saturated heterocycles. The van der Waals surface area contributed by atoms with Crippen molar-refractivity contribution >= 4 is 11.9 Å². The molecule has 1 aromatic rings. The van der Waals surface area contributed by atoms with E-state index in [2.05, 4.69) is 0 Å². The van der Waals surface area contributed by atoms with E-state index in [-0.39, 0.29) is 25.5 Å². The van der Waals surface area contributed by atoms with Crippen molar-refractivity contribution in [3.8, 4) is 5.75 Å². The lowest BCUT2D eigenvalue weighted by Gasteiger charge is -2.32. The van der Waals surface area contributed by atoms with Crippen LogP contribution < -0.4 is 4.74 Å². The summed E-state index contributed by atoms with van der Waals surface area (Å²) < 4.78 is 10.7. The van der Waals surface area contributed by atoms with E-state index >= 15 is 0 Å². The van der Waals surface area contributed by atoms with E-state index in [0.717, 1.165) is 5.56 Å². The van der Waals surface area contributed by atoms with Crippen molar-refractivity contribution in [3.63, 3.8) is 0 Å². The van der Waals surface area contributed by atoms with Gasteiger partial charge in [0.1, 0.15) is 5.75 Å². The van der Waals surface area contributed by atoms with Gasteiger partial charge in [-0.15, -0.1) is 0 Å². The molecule has 6 nitrogen and oxygen atoms in total. The van der Waals surface area contributed by atoms with Crippen molar-refractivity contribution in [1.82, 2.24) is 4.90 Å². The van der Waals surface area contributed by atoms with Gasteiger partial charge in [-0.05, 0) is 37.1 Å². The molecule has 1 aromatic carbocycles. The number of hydrogen-bond acceptors (Lipinski definition) is 4. The lowest BCUT2D eigenvalue weighted by molar-refractivity contribution is -0.158. The average molecular weight is 307 g/mol. The molecular formula is C16H21NO5. The van der Waals surface area contributed by atoms with Gasteiger partial charge >= 0.3 is 5.97 Å². The Kier molecular flexibility index (Phi) is 5.38. The molecule has 1 amide bonds. The Balaban J connectivity index is 1.86. The second-order valence-electron chi connectivity index (χ2n) is 5.36. The number of rotatable bonds is 5. The molecule has 0 aromatic heterocycles. The molecule has 1 N–H and O–H groups in total. The highest BCUT2D eigenvalue weighted by Gasteiger charge is 2.32. The van der Waals surface area contributed by atoms with Gasteiger partial charge in [-0.2, -0.15) is 0 Å². The molecule has 0 unspecified atom stereocenters. The standard InChI is InChI=1S/C16H21NO5/c1-11-3-4-13(9-12(11)2)22-7-5-15(18)17-6-8-21-10-14(17)16(19)20/h3-4,9,14H,5-8,10H2,1-2H3,(H,19,20)/t14-/m1/s1. The highest BCUT2D eigenvalue weighted by atomic mass is 16.5. The maximum atomic E-state index is 12.2. The number of benzene rings is 1. The second kappa shape index (κ2) is 7.26. The van der Waals surface area contributed by atoms with Crippen molar-refractivity contribution in [3.05, 3.63) is 29.3 Å². The second-order valence-corrected chi connectivity index (χ2v) is 5.36. The molecule has 0 radical (unpaired) electrons. The predicted octanol–water partition coefficient (Wildman–Crippen LogP) is 1.38. The van der Waals surface area contributed by atoms with Gasteiger partial charge in [0, 0.05) is 6.54 Å². The summed E-state index contributed by atoms with van der Waals surface area (Å²) in [5, 5.41) is 9.11. The minimum atomic E-state index is -1.04. The van der Waals surface area contributed by atoms with E-state index in [0.29, 0.717) is 18.9 Å². The summed E-state index contributed by atoms with van der Waals surface area (Å²) in [4.78, 5) is 24.6. The normalized spacial score (nSPS) is 18.1. The lowest BCUT2D eigenvalue weighted by atomic mass is 10.1. The van der Waals surface area contributed by atoms with Crippen molar-refractivity contribution in [2.75, 3.05) is 26.4 Å². The Morgan fingerprint density at radius 2 is 2.14 bits per heavy atom. The van der Waals surface area contributed by atoms with E-state index in [1.165, 1.54) is 10.5 Å². The summed E-state index contributed by atoms with van der Waals surface area (Å²) >= 11 is 0. The van der Waals surface area contributed by atoms with Gasteiger partial charge in [-0.3, -0.25) is 4.79 Å². The van der Waals surface area contributed by atoms with Crippen LogP contribution in [0.3, 0.4) is 0 Å². The van der Waals surface area contributed by atoms with Crippen LogP contribution in [0.5, 0.6) is 5.75 Å². The number of amides is 1. The van der Waals surface area contributed by atoms with E-state index in [4.69, 9.17) is 14.6 Å². The van der Waals surface area contributed by atoms with Crippen molar-refractivity contribution in [1.29, 1.82) is 0 Å². The minimum absolute atomic E-state index is 0.0408. The summed E-state index contributed by atoms with van der Waals surface area (Å²) in [6, 6.07) is 4.85. The Bertz CT molecular complexity index is 557. The molecule has 0 bridgehead atoms. The molecule has 0 saturated carbocycles. The van der Waals surface area contributed by atoms with Crippen LogP contribution in [0, 0.1) is 13.8 Å². The number of aliphatic carboxylic acids is 1. The molecule has 120 valence electrons. The fourth-order valence-electron chi connectivity index (χ4n) is 2.31. The van der Waals surface area contributed by atoms with Gasteiger partial charge in [0.25, 0.3) is 0 Å². The largest absolute Gasteiger partial charge is 0.493 e. The van der Waals surface area contributed by atoms with Gasteiger partial charge in [0.05, 0.1) is 26.2 Å². The first-order chi connectivity index (χ1) is 10.5. The third-order valence-electron chi connectivity index (χ3n) is 3.80. The smallest absolute Gasteiger partial charge is 0.328 e. The topological polar surface area (TPSA) is 76.1 Å². The molecule has 2 rings (SSSR count). The molecular weight excluding hydrogens is 286 g/mol. The number of hydrogen-bond donors (Lipinski definition) is 1. The number of carbonyl (C=O) groups excluding carboxylic acids is 1. The summed E-state index contributed by atoms with van der Waals surface area (Å²) in [7, 11) is 0. The van der Waals surface area contributed by atoms with Crippen molar-refractivity contribution < 1.29 is 24.2 Å². The van der Waals surface area contributed by atoms with E-state index in [1.54, 1.807) is 0 Å². The Morgan fingerprint density at radius 1 is 1.36 bits per heavy atom. The van der Waals surface area contributed by atoms with Crippen LogP contribution in [0.15, 0.2) is 18.2 Å². The fourth-order valence-corrected chi connectivity index (χ4v) is 2.31. The van der Waals surface area contributed by atoms with Crippen LogP contribution >= 0.6 is 0 Å². The zero-order valence-electron chi connectivity index (χ0n) is 12.9. The third kappa shape index (κ3) is 3.98. The molecule has 6 heteroatoms. The van der Waals surface area contributed by atoms with Gasteiger partial charge in [-0.1, -0.05) is 6.07 Å². The number of aryl methyl sites for hydroxylation is 2. The van der Waals surface area contributed by atoms with Crippen molar-refractivity contribution in [2.24, 2.45) is 0 Å². The van der Waals surface area contributed by atoms with Gasteiger partial charge in [0.15, 0.2) is 6.04 Å². The van der Waals surface area contributed by atoms with Crippen molar-refractivity contribution in [2.45, 2.75) is 26.3 Å². The van der Waals surface area contributed by atoms with Crippen LogP contribution in [-0.2, 0) is 14.3 Å². The van der Waals surface area contributed by atoms with E-state index in [1.807, 2.05) is 32.0 Å². The predicted molar refractivity (Wildman–Crippen MR) is 80.0 cm³/mol. The molecule has 1 atom stereocenters. The molecule has 0 aliphatic carbocycles. The zero-order valence-corrected chi connectivity index (χ0v) is 12.9. The molecule has 0 spiro atoms. The summed E-state index contributed by atoms with van der Waals surface area (Å²) in [6.45, 7) is 4.96. The quantitative estimate of drug-likeness (QED) is 0.889. The Hall–Kier alpha value is -2.08. The van der Waals surface area contributed by atoms with Crippen LogP contribution in [0.4, 0.5) is 0 Å². The summed E-state index contributed by atoms with van der Waals surface area (Å²) in [5.74, 6) is -0.546. The average Bonchev–Trinajstić information content (AvgIpc) is 2.50. The summed E-state index contributed by atoms with van der Waals surface area (Å²) in [5.41, 5.74) is 2.31. The van der Waals surface area contributed by atoms with Gasteiger partial charge in [-0.25, -0.2) is 4.79 Å². The van der Waals surface area contributed by atoms with Crippen LogP contribution in [0.2, 0.25) is 0 Å². The third-order valence-corrected chi connectivity index (χ3v) is 3.80. The van der Waals surface area contributed by atoms with Gasteiger partial charge in [0.2, 0.25) is 5.91 Å². The summed E-state index contributed by atoms with van der Waals surface area (Å²) in [6.07, 6.45) is 0.150. The highest BCUT2D eigenvalue weighted by Crippen LogP contribution is 2.17. The van der Waals surface area contributed by atoms with Crippen LogP contribution in [0.1, 0.15) is 17.5 Å². The number of carboxylic acids is 1. The van der Waals surface area contributed by atoms with Crippen LogP contribution in [-0.4, -0.2) is 54.3 Å². The Labute approximate surface area is 129 Å². The highest BCUT2D eigenvalue weighted by molar-refractivity contribution is 5.84. The number of ether oxygens (including phenoxy) is 2. The lowest BCUT2D eigenvalue weighted by Crippen LogP contribution is -2.52. The van der Waals surface area contributed by atoms with Crippen LogP contribution in [0.25, 0.3) is 0 Å². The minimum Gasteiger partial charge on any atom is -0.493 e. The number of nitrogens with zero attached hydrogens (tertiary/aromatic N) is 1. The maximum Gasteiger partial charge on any atom is 0.328 e. The fraction of sp³-hybridized carbons (Fsp3) is 0.500. The molecule has 1 aliphatic heterocycles. The molecule has 1 aliphatic rings. The first-order valence-corrected chi connectivity index (χ1v) is 7.29. The number of carboxylic acid groups (broad SMARTS) is 1. The maximum absolute atomic E-state index is 12.2. The molecule has 1 heterocycles. The molecule has 1 fully saturated rings. The zero-order chi connectivity index (χ0) is 16.1. The molecule has 22 heavy (non-hydrogen) atoms. The number of morpholine rings is 1. The monoisotopic (exact) mass is 307 g/mol. The number of carbonyl (C=O) groups is 2. The van der Waals surface area contributed by atoms with E-state index in [9.17, 15) is 9.59 Å². The Morgan fingerprint density at radius 3 is 2.82 bits per heavy atom. The first-order valence-electron chi connectivity index (χ1n) is 7.29. The van der Waals surface area contributed by atoms with E-state index < -0.39 is 12.0 Å². The SMILES string of the molecule is Cc1ccc(OCCC(=O)N2CCOC[C@@H]2C(=O)O)cc1C. The first kappa shape index (κ1) is 16.3. The van der Waals surface area contributed by atoms with Gasteiger partial charge < -0.3 is 19.5 Å².